The molecule has 0 N–H and O–H groups in total. The highest BCUT2D eigenvalue weighted by molar-refractivity contribution is 5.76. The molecule has 0 radical (unpaired) electrons. The Balaban J connectivity index is 2.08. The van der Waals surface area contributed by atoms with E-state index in [0.717, 1.165) is 37.4 Å². The zero-order chi connectivity index (χ0) is 10.8. The van der Waals surface area contributed by atoms with Crippen LogP contribution in [-0.2, 0) is 17.9 Å². The van der Waals surface area contributed by atoms with Crippen LogP contribution in [0.25, 0.3) is 0 Å². The summed E-state index contributed by atoms with van der Waals surface area (Å²) < 4.78 is 2.01. The van der Waals surface area contributed by atoms with Gasteiger partial charge in [-0.3, -0.25) is 9.48 Å². The quantitative estimate of drug-likeness (QED) is 0.734. The van der Waals surface area contributed by atoms with E-state index in [-0.39, 0.29) is 5.91 Å². The SMILES string of the molecule is CCCC(=O)N1CCn2nc(C)cc2C1. The van der Waals surface area contributed by atoms with Crippen molar-refractivity contribution in [1.82, 2.24) is 14.7 Å². The predicted molar refractivity (Wildman–Crippen MR) is 57.3 cm³/mol. The first-order valence-corrected chi connectivity index (χ1v) is 5.52. The van der Waals surface area contributed by atoms with Gasteiger partial charge < -0.3 is 4.90 Å². The number of fused-ring (bicyclic) bond motifs is 1. The molecule has 1 aromatic rings. The van der Waals surface area contributed by atoms with Crippen LogP contribution in [0.15, 0.2) is 6.07 Å². The fraction of sp³-hybridized carbons (Fsp3) is 0.636. The number of rotatable bonds is 2. The fourth-order valence-corrected chi connectivity index (χ4v) is 1.99. The van der Waals surface area contributed by atoms with Gasteiger partial charge in [-0.2, -0.15) is 5.10 Å². The highest BCUT2D eigenvalue weighted by Gasteiger charge is 2.20. The zero-order valence-corrected chi connectivity index (χ0v) is 9.36. The molecule has 1 aliphatic heterocycles. The Kier molecular flexibility index (Phi) is 2.75. The van der Waals surface area contributed by atoms with Crippen LogP contribution in [0.1, 0.15) is 31.2 Å². The maximum absolute atomic E-state index is 11.7. The lowest BCUT2D eigenvalue weighted by Crippen LogP contribution is -2.38. The van der Waals surface area contributed by atoms with E-state index in [1.54, 1.807) is 0 Å². The summed E-state index contributed by atoms with van der Waals surface area (Å²) in [6.45, 7) is 6.38. The van der Waals surface area contributed by atoms with Crippen LogP contribution in [-0.4, -0.2) is 27.1 Å². The fourth-order valence-electron chi connectivity index (χ4n) is 1.99. The van der Waals surface area contributed by atoms with Crippen molar-refractivity contribution in [2.75, 3.05) is 6.54 Å². The summed E-state index contributed by atoms with van der Waals surface area (Å²) in [5.74, 6) is 0.266. The first-order valence-electron chi connectivity index (χ1n) is 5.52. The molecule has 0 bridgehead atoms. The third-order valence-corrected chi connectivity index (χ3v) is 2.74. The van der Waals surface area contributed by atoms with E-state index in [1.807, 2.05) is 23.4 Å². The van der Waals surface area contributed by atoms with Crippen molar-refractivity contribution in [3.8, 4) is 0 Å². The zero-order valence-electron chi connectivity index (χ0n) is 9.36. The van der Waals surface area contributed by atoms with Crippen LogP contribution in [0.5, 0.6) is 0 Å². The van der Waals surface area contributed by atoms with Gasteiger partial charge in [0, 0.05) is 13.0 Å². The molecule has 0 aliphatic carbocycles. The maximum Gasteiger partial charge on any atom is 0.222 e. The first kappa shape index (κ1) is 10.2. The number of hydrogen-bond donors (Lipinski definition) is 0. The van der Waals surface area contributed by atoms with Crippen molar-refractivity contribution >= 4 is 5.91 Å². The molecule has 4 nitrogen and oxygen atoms in total. The van der Waals surface area contributed by atoms with Crippen molar-refractivity contribution in [2.24, 2.45) is 0 Å². The Labute approximate surface area is 89.9 Å². The van der Waals surface area contributed by atoms with Gasteiger partial charge in [0.1, 0.15) is 0 Å². The van der Waals surface area contributed by atoms with Gasteiger partial charge in [-0.15, -0.1) is 0 Å². The Morgan fingerprint density at radius 1 is 1.53 bits per heavy atom. The van der Waals surface area contributed by atoms with Gasteiger partial charge in [-0.05, 0) is 19.4 Å². The first-order chi connectivity index (χ1) is 7.20. The molecule has 2 rings (SSSR count). The molecule has 0 fully saturated rings. The minimum Gasteiger partial charge on any atom is -0.335 e. The maximum atomic E-state index is 11.7. The lowest BCUT2D eigenvalue weighted by molar-refractivity contribution is -0.132. The number of hydrogen-bond acceptors (Lipinski definition) is 2. The number of aryl methyl sites for hydroxylation is 1. The van der Waals surface area contributed by atoms with Crippen LogP contribution >= 0.6 is 0 Å². The van der Waals surface area contributed by atoms with E-state index >= 15 is 0 Å². The second-order valence-corrected chi connectivity index (χ2v) is 4.07. The molecule has 1 aromatic heterocycles. The molecule has 0 aromatic carbocycles. The monoisotopic (exact) mass is 207 g/mol. The summed E-state index contributed by atoms with van der Waals surface area (Å²) >= 11 is 0. The third kappa shape index (κ3) is 2.03. The number of nitrogens with zero attached hydrogens (tertiary/aromatic N) is 3. The van der Waals surface area contributed by atoms with Crippen molar-refractivity contribution in [1.29, 1.82) is 0 Å². The van der Waals surface area contributed by atoms with Crippen molar-refractivity contribution in [3.63, 3.8) is 0 Å². The standard InChI is InChI=1S/C11H17N3O/c1-3-4-11(15)13-5-6-14-10(8-13)7-9(2)12-14/h7H,3-6,8H2,1-2H3. The van der Waals surface area contributed by atoms with Crippen LogP contribution in [0, 0.1) is 6.92 Å². The molecule has 2 heterocycles. The minimum absolute atomic E-state index is 0.266. The molecule has 4 heteroatoms. The summed E-state index contributed by atoms with van der Waals surface area (Å²) in [5.41, 5.74) is 2.19. The van der Waals surface area contributed by atoms with Crippen LogP contribution < -0.4 is 0 Å². The van der Waals surface area contributed by atoms with Gasteiger partial charge in [-0.1, -0.05) is 6.92 Å². The molecule has 0 spiro atoms. The number of carbonyl (C=O) groups is 1. The smallest absolute Gasteiger partial charge is 0.222 e. The van der Waals surface area contributed by atoms with E-state index in [4.69, 9.17) is 0 Å². The van der Waals surface area contributed by atoms with Crippen molar-refractivity contribution in [2.45, 2.75) is 39.8 Å². The molecular formula is C11H17N3O. The summed E-state index contributed by atoms with van der Waals surface area (Å²) in [6.07, 6.45) is 1.58. The molecular weight excluding hydrogens is 190 g/mol. The summed E-state index contributed by atoms with van der Waals surface area (Å²) in [6, 6.07) is 2.06. The second-order valence-electron chi connectivity index (χ2n) is 4.07. The normalized spacial score (nSPS) is 15.2. The lowest BCUT2D eigenvalue weighted by atomic mass is 10.2. The van der Waals surface area contributed by atoms with E-state index in [1.165, 1.54) is 0 Å². The highest BCUT2D eigenvalue weighted by Crippen LogP contribution is 2.14. The van der Waals surface area contributed by atoms with E-state index < -0.39 is 0 Å². The number of aromatic nitrogens is 2. The Hall–Kier alpha value is -1.32. The molecule has 1 aliphatic rings. The van der Waals surface area contributed by atoms with Gasteiger partial charge in [0.15, 0.2) is 0 Å². The summed E-state index contributed by atoms with van der Waals surface area (Å²) in [7, 11) is 0. The lowest BCUT2D eigenvalue weighted by Gasteiger charge is -2.27. The Bertz CT molecular complexity index is 370. The molecule has 0 atom stereocenters. The topological polar surface area (TPSA) is 38.1 Å². The largest absolute Gasteiger partial charge is 0.335 e. The molecule has 0 saturated heterocycles. The molecule has 0 saturated carbocycles. The third-order valence-electron chi connectivity index (χ3n) is 2.74. The van der Waals surface area contributed by atoms with Crippen LogP contribution in [0.2, 0.25) is 0 Å². The molecule has 82 valence electrons. The summed E-state index contributed by atoms with van der Waals surface area (Å²) in [5, 5.41) is 4.37. The van der Waals surface area contributed by atoms with Crippen LogP contribution in [0.4, 0.5) is 0 Å². The highest BCUT2D eigenvalue weighted by atomic mass is 16.2. The predicted octanol–water partition coefficient (Wildman–Crippen LogP) is 1.33. The van der Waals surface area contributed by atoms with Gasteiger partial charge >= 0.3 is 0 Å². The summed E-state index contributed by atoms with van der Waals surface area (Å²) in [4.78, 5) is 13.6. The van der Waals surface area contributed by atoms with Gasteiger partial charge in [-0.25, -0.2) is 0 Å². The molecule has 1 amide bonds. The molecule has 0 unspecified atom stereocenters. The van der Waals surface area contributed by atoms with Gasteiger partial charge in [0.05, 0.1) is 24.5 Å². The van der Waals surface area contributed by atoms with E-state index in [2.05, 4.69) is 11.2 Å². The Morgan fingerprint density at radius 3 is 3.07 bits per heavy atom. The van der Waals surface area contributed by atoms with Gasteiger partial charge in [0.2, 0.25) is 5.91 Å². The van der Waals surface area contributed by atoms with Crippen molar-refractivity contribution in [3.05, 3.63) is 17.5 Å². The van der Waals surface area contributed by atoms with E-state index in [9.17, 15) is 4.79 Å². The number of amides is 1. The average molecular weight is 207 g/mol. The number of carbonyl (C=O) groups excluding carboxylic acids is 1. The Morgan fingerprint density at radius 2 is 2.33 bits per heavy atom. The van der Waals surface area contributed by atoms with Crippen LogP contribution in [0.3, 0.4) is 0 Å². The minimum atomic E-state index is 0.266. The second kappa shape index (κ2) is 4.04. The average Bonchev–Trinajstić information content (AvgIpc) is 2.57. The van der Waals surface area contributed by atoms with E-state index in [0.29, 0.717) is 6.42 Å². The molecule has 15 heavy (non-hydrogen) atoms. The van der Waals surface area contributed by atoms with Crippen molar-refractivity contribution < 1.29 is 4.79 Å². The van der Waals surface area contributed by atoms with Gasteiger partial charge in [0.25, 0.3) is 0 Å².